The van der Waals surface area contributed by atoms with Crippen LogP contribution in [0.2, 0.25) is 0 Å². The van der Waals surface area contributed by atoms with E-state index in [1.165, 1.54) is 0 Å². The predicted octanol–water partition coefficient (Wildman–Crippen LogP) is 1.22. The van der Waals surface area contributed by atoms with Crippen LogP contribution in [-0.2, 0) is 16.1 Å². The van der Waals surface area contributed by atoms with Crippen LogP contribution < -0.4 is 0 Å². The van der Waals surface area contributed by atoms with Crippen molar-refractivity contribution in [1.29, 1.82) is 0 Å². The van der Waals surface area contributed by atoms with Crippen LogP contribution in [0.3, 0.4) is 0 Å². The summed E-state index contributed by atoms with van der Waals surface area (Å²) in [5.74, 6) is 2.80. The molecule has 0 unspecified atom stereocenters. The average Bonchev–Trinajstić information content (AvgIpc) is 3.05. The molecule has 3 rings (SSSR count). The summed E-state index contributed by atoms with van der Waals surface area (Å²) in [6.07, 6.45) is 3.34. The fourth-order valence-electron chi connectivity index (χ4n) is 2.06. The van der Waals surface area contributed by atoms with E-state index in [-0.39, 0.29) is 19.1 Å². The third-order valence-electron chi connectivity index (χ3n) is 3.20. The maximum atomic E-state index is 11.9. The van der Waals surface area contributed by atoms with E-state index in [0.717, 1.165) is 30.2 Å². The second kappa shape index (κ2) is 7.37. The minimum Gasteiger partial charge on any atom is -0.362 e. The Kier molecular flexibility index (Phi) is 5.02. The Balaban J connectivity index is 1.48. The van der Waals surface area contributed by atoms with E-state index in [1.807, 2.05) is 22.7 Å². The zero-order valence-electron chi connectivity index (χ0n) is 12.0. The standard InChI is InChI=1S/C14H16N4O3S/c19-13(18-4-6-22-7-5-18)10-20-9-12-16-14(17-21-12)11-2-1-3-15-8-11/h1-3,8H,4-7,9-10H2. The van der Waals surface area contributed by atoms with E-state index in [1.54, 1.807) is 18.5 Å². The molecule has 8 heteroatoms. The molecule has 0 N–H and O–H groups in total. The average molecular weight is 320 g/mol. The molecule has 2 aromatic rings. The predicted molar refractivity (Wildman–Crippen MR) is 81.1 cm³/mol. The Morgan fingerprint density at radius 2 is 2.27 bits per heavy atom. The highest BCUT2D eigenvalue weighted by molar-refractivity contribution is 7.99. The molecule has 1 aliphatic rings. The van der Waals surface area contributed by atoms with Crippen LogP contribution in [0.25, 0.3) is 11.4 Å². The lowest BCUT2D eigenvalue weighted by molar-refractivity contribution is -0.136. The molecular weight excluding hydrogens is 304 g/mol. The third-order valence-corrected chi connectivity index (χ3v) is 4.15. The molecule has 2 aromatic heterocycles. The number of thioether (sulfide) groups is 1. The molecular formula is C14H16N4O3S. The number of hydrogen-bond acceptors (Lipinski definition) is 7. The lowest BCUT2D eigenvalue weighted by Gasteiger charge is -2.26. The van der Waals surface area contributed by atoms with Gasteiger partial charge in [-0.2, -0.15) is 16.7 Å². The zero-order chi connectivity index (χ0) is 15.2. The summed E-state index contributed by atoms with van der Waals surface area (Å²) in [6, 6.07) is 3.65. The van der Waals surface area contributed by atoms with Gasteiger partial charge in [0.05, 0.1) is 0 Å². The van der Waals surface area contributed by atoms with Crippen LogP contribution in [0.1, 0.15) is 5.89 Å². The number of carbonyl (C=O) groups excluding carboxylic acids is 1. The summed E-state index contributed by atoms with van der Waals surface area (Å²) in [5, 5.41) is 3.87. The Hall–Kier alpha value is -1.93. The minimum atomic E-state index is 0.00676. The van der Waals surface area contributed by atoms with Gasteiger partial charge in [-0.25, -0.2) is 0 Å². The molecule has 0 atom stereocenters. The molecule has 0 bridgehead atoms. The van der Waals surface area contributed by atoms with Crippen molar-refractivity contribution in [1.82, 2.24) is 20.0 Å². The normalized spacial score (nSPS) is 15.0. The molecule has 7 nitrogen and oxygen atoms in total. The Bertz CT molecular complexity index is 614. The van der Waals surface area contributed by atoms with Crippen molar-refractivity contribution in [3.63, 3.8) is 0 Å². The van der Waals surface area contributed by atoms with Crippen LogP contribution in [0.15, 0.2) is 29.0 Å². The van der Waals surface area contributed by atoms with Gasteiger partial charge in [0.15, 0.2) is 0 Å². The Morgan fingerprint density at radius 3 is 3.05 bits per heavy atom. The van der Waals surface area contributed by atoms with E-state index >= 15 is 0 Å². The van der Waals surface area contributed by atoms with Crippen molar-refractivity contribution in [2.45, 2.75) is 6.61 Å². The fourth-order valence-corrected chi connectivity index (χ4v) is 2.96. The smallest absolute Gasteiger partial charge is 0.252 e. The number of hydrogen-bond donors (Lipinski definition) is 0. The van der Waals surface area contributed by atoms with Gasteiger partial charge in [0.1, 0.15) is 13.2 Å². The van der Waals surface area contributed by atoms with E-state index in [2.05, 4.69) is 15.1 Å². The molecule has 1 amide bonds. The Labute approximate surface area is 132 Å². The first-order chi connectivity index (χ1) is 10.8. The van der Waals surface area contributed by atoms with Crippen LogP contribution in [-0.4, -0.2) is 57.1 Å². The molecule has 0 aromatic carbocycles. The lowest BCUT2D eigenvalue weighted by atomic mass is 10.3. The van der Waals surface area contributed by atoms with Crippen molar-refractivity contribution in [3.05, 3.63) is 30.4 Å². The van der Waals surface area contributed by atoms with E-state index in [9.17, 15) is 4.79 Å². The summed E-state index contributed by atoms with van der Waals surface area (Å²) < 4.78 is 10.5. The van der Waals surface area contributed by atoms with Gasteiger partial charge in [-0.05, 0) is 12.1 Å². The minimum absolute atomic E-state index is 0.00676. The fraction of sp³-hybridized carbons (Fsp3) is 0.429. The highest BCUT2D eigenvalue weighted by Gasteiger charge is 2.17. The van der Waals surface area contributed by atoms with E-state index < -0.39 is 0 Å². The quantitative estimate of drug-likeness (QED) is 0.819. The van der Waals surface area contributed by atoms with Gasteiger partial charge in [-0.3, -0.25) is 9.78 Å². The lowest BCUT2D eigenvalue weighted by Crippen LogP contribution is -2.40. The molecule has 0 spiro atoms. The summed E-state index contributed by atoms with van der Waals surface area (Å²) in [7, 11) is 0. The molecule has 22 heavy (non-hydrogen) atoms. The molecule has 116 valence electrons. The summed E-state index contributed by atoms with van der Waals surface area (Å²) >= 11 is 1.86. The monoisotopic (exact) mass is 320 g/mol. The van der Waals surface area contributed by atoms with Gasteiger partial charge in [0, 0.05) is 42.6 Å². The van der Waals surface area contributed by atoms with Crippen molar-refractivity contribution in [2.75, 3.05) is 31.2 Å². The van der Waals surface area contributed by atoms with Gasteiger partial charge < -0.3 is 14.2 Å². The third kappa shape index (κ3) is 3.83. The van der Waals surface area contributed by atoms with Gasteiger partial charge in [0.25, 0.3) is 5.89 Å². The van der Waals surface area contributed by atoms with Gasteiger partial charge in [-0.1, -0.05) is 5.16 Å². The Morgan fingerprint density at radius 1 is 1.41 bits per heavy atom. The second-order valence-corrected chi connectivity index (χ2v) is 5.96. The van der Waals surface area contributed by atoms with Crippen molar-refractivity contribution >= 4 is 17.7 Å². The largest absolute Gasteiger partial charge is 0.362 e. The zero-order valence-corrected chi connectivity index (χ0v) is 12.8. The topological polar surface area (TPSA) is 81.3 Å². The molecule has 3 heterocycles. The summed E-state index contributed by atoms with van der Waals surface area (Å²) in [4.78, 5) is 22.0. The van der Waals surface area contributed by atoms with Crippen LogP contribution >= 0.6 is 11.8 Å². The van der Waals surface area contributed by atoms with Crippen molar-refractivity contribution < 1.29 is 14.1 Å². The highest BCUT2D eigenvalue weighted by Crippen LogP contribution is 2.14. The molecule has 1 aliphatic heterocycles. The maximum absolute atomic E-state index is 11.9. The van der Waals surface area contributed by atoms with E-state index in [0.29, 0.717) is 11.7 Å². The first-order valence-electron chi connectivity index (χ1n) is 6.99. The van der Waals surface area contributed by atoms with Crippen LogP contribution in [0.5, 0.6) is 0 Å². The molecule has 0 saturated carbocycles. The highest BCUT2D eigenvalue weighted by atomic mass is 32.2. The number of carbonyl (C=O) groups is 1. The SMILES string of the molecule is O=C(COCc1nc(-c2cccnc2)no1)N1CCSCC1. The van der Waals surface area contributed by atoms with E-state index in [4.69, 9.17) is 9.26 Å². The summed E-state index contributed by atoms with van der Waals surface area (Å²) in [5.41, 5.74) is 0.777. The molecule has 0 aliphatic carbocycles. The second-order valence-electron chi connectivity index (χ2n) is 4.74. The molecule has 0 radical (unpaired) electrons. The van der Waals surface area contributed by atoms with Crippen LogP contribution in [0, 0.1) is 0 Å². The van der Waals surface area contributed by atoms with Gasteiger partial charge >= 0.3 is 0 Å². The van der Waals surface area contributed by atoms with Crippen molar-refractivity contribution in [2.24, 2.45) is 0 Å². The number of nitrogens with zero attached hydrogens (tertiary/aromatic N) is 4. The van der Waals surface area contributed by atoms with Gasteiger partial charge in [0.2, 0.25) is 11.7 Å². The molecule has 1 fully saturated rings. The number of pyridine rings is 1. The first-order valence-corrected chi connectivity index (χ1v) is 8.14. The number of amides is 1. The number of aromatic nitrogens is 3. The summed E-state index contributed by atoms with van der Waals surface area (Å²) in [6.45, 7) is 1.74. The van der Waals surface area contributed by atoms with Gasteiger partial charge in [-0.15, -0.1) is 0 Å². The number of ether oxygens (including phenoxy) is 1. The first kappa shape index (κ1) is 15.0. The maximum Gasteiger partial charge on any atom is 0.252 e. The molecule has 1 saturated heterocycles. The number of rotatable bonds is 5. The van der Waals surface area contributed by atoms with Crippen molar-refractivity contribution in [3.8, 4) is 11.4 Å². The van der Waals surface area contributed by atoms with Crippen LogP contribution in [0.4, 0.5) is 0 Å².